The van der Waals surface area contributed by atoms with Crippen LogP contribution in [0.25, 0.3) is 0 Å². The van der Waals surface area contributed by atoms with E-state index in [9.17, 15) is 15.0 Å². The summed E-state index contributed by atoms with van der Waals surface area (Å²) in [6.45, 7) is 5.76. The molecule has 0 aromatic carbocycles. The lowest BCUT2D eigenvalue weighted by molar-refractivity contribution is -0.221. The van der Waals surface area contributed by atoms with Crippen LogP contribution in [0.1, 0.15) is 59.3 Å². The second kappa shape index (κ2) is 6.08. The third-order valence-corrected chi connectivity index (χ3v) is 9.60. The Hall–Kier alpha value is -0.850. The molecule has 4 rings (SSSR count). The van der Waals surface area contributed by atoms with Crippen LogP contribution in [0.2, 0.25) is 0 Å². The van der Waals surface area contributed by atoms with Crippen molar-refractivity contribution < 1.29 is 24.1 Å². The van der Waals surface area contributed by atoms with Gasteiger partial charge in [0, 0.05) is 23.2 Å². The molecular weight excluding hydrogens is 379 g/mol. The summed E-state index contributed by atoms with van der Waals surface area (Å²) in [5.74, 6) is -0.612. The van der Waals surface area contributed by atoms with Crippen molar-refractivity contribution >= 4 is 23.1 Å². The highest BCUT2D eigenvalue weighted by Gasteiger charge is 2.75. The summed E-state index contributed by atoms with van der Waals surface area (Å²) in [6, 6.07) is 0. The van der Waals surface area contributed by atoms with Crippen LogP contribution in [0.4, 0.5) is 4.39 Å². The Morgan fingerprint density at radius 1 is 1.32 bits per heavy atom. The highest BCUT2D eigenvalue weighted by molar-refractivity contribution is 7.80. The fourth-order valence-electron chi connectivity index (χ4n) is 7.50. The molecule has 6 heteroatoms. The van der Waals surface area contributed by atoms with Crippen LogP contribution in [0.3, 0.4) is 0 Å². The minimum Gasteiger partial charge on any atom is -0.488 e. The van der Waals surface area contributed by atoms with Gasteiger partial charge in [0.2, 0.25) is 0 Å². The monoisotopic (exact) mass is 410 g/mol. The van der Waals surface area contributed by atoms with Crippen LogP contribution < -0.4 is 0 Å². The number of rotatable bonds is 1. The molecule has 4 nitrogen and oxygen atoms in total. The molecule has 0 unspecified atom stereocenters. The van der Waals surface area contributed by atoms with E-state index in [2.05, 4.69) is 0 Å². The number of allylic oxidation sites excluding steroid dienone is 1. The number of carbonyl (C=O) groups excluding carboxylic acids is 1. The van der Waals surface area contributed by atoms with Crippen molar-refractivity contribution in [2.45, 2.75) is 76.7 Å². The first-order chi connectivity index (χ1) is 13.0. The molecule has 0 saturated heterocycles. The maximum atomic E-state index is 17.0. The number of fused-ring (bicyclic) bond motifs is 5. The Balaban J connectivity index is 1.83. The molecule has 4 aliphatic carbocycles. The van der Waals surface area contributed by atoms with Gasteiger partial charge >= 0.3 is 0 Å². The molecular formula is C22H31FO4S. The molecule has 0 bridgehead atoms. The van der Waals surface area contributed by atoms with E-state index < -0.39 is 28.2 Å². The van der Waals surface area contributed by atoms with E-state index in [4.69, 9.17) is 17.0 Å². The van der Waals surface area contributed by atoms with Crippen molar-refractivity contribution in [1.82, 2.24) is 0 Å². The predicted octanol–water partition coefficient (Wildman–Crippen LogP) is 3.53. The maximum Gasteiger partial charge on any atom is 0.192 e. The summed E-state index contributed by atoms with van der Waals surface area (Å²) in [5, 5.41) is 23.0. The van der Waals surface area contributed by atoms with Gasteiger partial charge in [-0.05, 0) is 62.2 Å². The molecule has 8 atom stereocenters. The van der Waals surface area contributed by atoms with Crippen LogP contribution in [-0.4, -0.2) is 45.5 Å². The third-order valence-electron chi connectivity index (χ3n) is 9.12. The van der Waals surface area contributed by atoms with Gasteiger partial charge < -0.3 is 14.9 Å². The summed E-state index contributed by atoms with van der Waals surface area (Å²) in [4.78, 5) is 12.0. The van der Waals surface area contributed by atoms with Crippen molar-refractivity contribution in [1.29, 1.82) is 0 Å². The molecule has 4 aliphatic rings. The number of methoxy groups -OCH3 is 1. The van der Waals surface area contributed by atoms with Gasteiger partial charge in [0.25, 0.3) is 0 Å². The van der Waals surface area contributed by atoms with Crippen LogP contribution >= 0.6 is 12.2 Å². The molecule has 3 fully saturated rings. The fourth-order valence-corrected chi connectivity index (χ4v) is 7.93. The topological polar surface area (TPSA) is 66.8 Å². The first-order valence-corrected chi connectivity index (χ1v) is 10.8. The number of halogens is 1. The summed E-state index contributed by atoms with van der Waals surface area (Å²) in [6.07, 6.45) is 3.17. The Kier molecular flexibility index (Phi) is 4.44. The van der Waals surface area contributed by atoms with E-state index in [0.717, 1.165) is 5.57 Å². The SMILES string of the molecule is COC(=S)[C@@]1(O)[C@@H](C)C[C@H]2[C@@H]3CCC4=CC(=O)CC[C@]4(C)[C@@]3(F)[C@@H](O)C[C@@]21C. The van der Waals surface area contributed by atoms with Gasteiger partial charge in [-0.15, -0.1) is 0 Å². The Labute approximate surface area is 171 Å². The smallest absolute Gasteiger partial charge is 0.192 e. The molecule has 0 amide bonds. The number of thiocarbonyl (C=S) groups is 1. The van der Waals surface area contributed by atoms with Crippen LogP contribution in [0, 0.1) is 28.6 Å². The van der Waals surface area contributed by atoms with E-state index >= 15 is 4.39 Å². The van der Waals surface area contributed by atoms with Gasteiger partial charge in [0.05, 0.1) is 13.2 Å². The van der Waals surface area contributed by atoms with Crippen molar-refractivity contribution in [3.63, 3.8) is 0 Å². The van der Waals surface area contributed by atoms with Gasteiger partial charge in [-0.1, -0.05) is 26.3 Å². The molecule has 0 aromatic heterocycles. The average molecular weight is 411 g/mol. The summed E-state index contributed by atoms with van der Waals surface area (Å²) in [7, 11) is 1.46. The molecule has 3 saturated carbocycles. The van der Waals surface area contributed by atoms with Gasteiger partial charge in [0.15, 0.2) is 10.8 Å². The lowest BCUT2D eigenvalue weighted by Gasteiger charge is -2.63. The zero-order valence-corrected chi connectivity index (χ0v) is 17.9. The minimum atomic E-state index is -1.80. The summed E-state index contributed by atoms with van der Waals surface area (Å²) < 4.78 is 22.3. The molecule has 0 aliphatic heterocycles. The van der Waals surface area contributed by atoms with E-state index in [0.29, 0.717) is 32.1 Å². The van der Waals surface area contributed by atoms with E-state index in [1.54, 1.807) is 6.08 Å². The minimum absolute atomic E-state index is 0.0546. The lowest BCUT2D eigenvalue weighted by atomic mass is 9.44. The first-order valence-electron chi connectivity index (χ1n) is 10.4. The van der Waals surface area contributed by atoms with Crippen LogP contribution in [0.5, 0.6) is 0 Å². The van der Waals surface area contributed by atoms with E-state index in [1.165, 1.54) is 7.11 Å². The fraction of sp³-hybridized carbons (Fsp3) is 0.818. The quantitative estimate of drug-likeness (QED) is 0.648. The largest absolute Gasteiger partial charge is 0.488 e. The number of ketones is 1. The van der Waals surface area contributed by atoms with Crippen LogP contribution in [0.15, 0.2) is 11.6 Å². The average Bonchev–Trinajstić information content (AvgIpc) is 2.84. The molecule has 0 heterocycles. The first kappa shape index (κ1) is 20.4. The Morgan fingerprint density at radius 2 is 2.00 bits per heavy atom. The lowest BCUT2D eigenvalue weighted by Crippen LogP contribution is -2.69. The van der Waals surface area contributed by atoms with Crippen LogP contribution in [-0.2, 0) is 9.53 Å². The second-order valence-electron chi connectivity index (χ2n) is 10.0. The summed E-state index contributed by atoms with van der Waals surface area (Å²) >= 11 is 5.39. The maximum absolute atomic E-state index is 17.0. The van der Waals surface area contributed by atoms with Crippen molar-refractivity contribution in [3.05, 3.63) is 11.6 Å². The molecule has 0 radical (unpaired) electrons. The number of aliphatic hydroxyl groups is 2. The zero-order chi connectivity index (χ0) is 20.7. The molecule has 2 N–H and O–H groups in total. The highest BCUT2D eigenvalue weighted by Crippen LogP contribution is 2.71. The Morgan fingerprint density at radius 3 is 2.64 bits per heavy atom. The van der Waals surface area contributed by atoms with Gasteiger partial charge in [0.1, 0.15) is 11.3 Å². The van der Waals surface area contributed by atoms with Gasteiger partial charge in [-0.25, -0.2) is 4.39 Å². The molecule has 28 heavy (non-hydrogen) atoms. The zero-order valence-electron chi connectivity index (χ0n) is 17.1. The van der Waals surface area contributed by atoms with Crippen molar-refractivity contribution in [2.75, 3.05) is 7.11 Å². The van der Waals surface area contributed by atoms with E-state index in [-0.39, 0.29) is 35.0 Å². The normalized spacial score (nSPS) is 53.0. The number of hydrogen-bond acceptors (Lipinski definition) is 5. The number of alkyl halides is 1. The number of ether oxygens (including phenoxy) is 1. The molecule has 0 spiro atoms. The van der Waals surface area contributed by atoms with Crippen molar-refractivity contribution in [3.8, 4) is 0 Å². The van der Waals surface area contributed by atoms with Gasteiger partial charge in [-0.2, -0.15) is 0 Å². The number of aliphatic hydroxyl groups excluding tert-OH is 1. The molecule has 156 valence electrons. The predicted molar refractivity (Wildman–Crippen MR) is 108 cm³/mol. The van der Waals surface area contributed by atoms with Gasteiger partial charge in [-0.3, -0.25) is 4.79 Å². The van der Waals surface area contributed by atoms with E-state index in [1.807, 2.05) is 20.8 Å². The highest BCUT2D eigenvalue weighted by atomic mass is 32.1. The standard InChI is InChI=1S/C22H31FO4S/c1-12-9-16-15-6-5-13-10-14(24)7-8-19(13,2)21(15,23)17(25)11-20(16,3)22(12,26)18(28)27-4/h10,12,15-17,25-26H,5-9,11H2,1-4H3/t12-,15-,16-,17-,19-,20-,21-,22-/m0/s1. The van der Waals surface area contributed by atoms with Crippen molar-refractivity contribution in [2.24, 2.45) is 28.6 Å². The third kappa shape index (κ3) is 2.12. The molecule has 0 aromatic rings. The number of carbonyl (C=O) groups is 1. The Bertz CT molecular complexity index is 768. The number of hydrogen-bond donors (Lipinski definition) is 2. The second-order valence-corrected chi connectivity index (χ2v) is 10.4. The summed E-state index contributed by atoms with van der Waals surface area (Å²) in [5.41, 5.74) is -3.91.